The van der Waals surface area contributed by atoms with Crippen LogP contribution in [0.2, 0.25) is 0 Å². The van der Waals surface area contributed by atoms with Crippen LogP contribution in [0.15, 0.2) is 16.5 Å². The summed E-state index contributed by atoms with van der Waals surface area (Å²) in [5.74, 6) is -0.0114. The highest BCUT2D eigenvalue weighted by Crippen LogP contribution is 2.32. The Kier molecular flexibility index (Phi) is 3.18. The van der Waals surface area contributed by atoms with Gasteiger partial charge in [-0.2, -0.15) is 0 Å². The molecule has 0 radical (unpaired) electrons. The second-order valence-corrected chi connectivity index (χ2v) is 5.40. The molecule has 15 heavy (non-hydrogen) atoms. The van der Waals surface area contributed by atoms with E-state index in [2.05, 4.69) is 4.98 Å². The number of carbonyl (C=O) groups is 1. The van der Waals surface area contributed by atoms with Gasteiger partial charge in [-0.15, -0.1) is 11.3 Å². The van der Waals surface area contributed by atoms with Crippen molar-refractivity contribution in [3.8, 4) is 0 Å². The molecule has 0 unspecified atom stereocenters. The van der Waals surface area contributed by atoms with Crippen LogP contribution in [-0.4, -0.2) is 26.7 Å². The Morgan fingerprint density at radius 2 is 2.47 bits per heavy atom. The van der Waals surface area contributed by atoms with E-state index >= 15 is 0 Å². The van der Waals surface area contributed by atoms with Crippen molar-refractivity contribution >= 4 is 51.6 Å². The largest absolute Gasteiger partial charge is 0.293 e. The topological polar surface area (TPSA) is 33.2 Å². The summed E-state index contributed by atoms with van der Waals surface area (Å²) in [5, 5.41) is 2.72. The van der Waals surface area contributed by atoms with Gasteiger partial charge in [0.2, 0.25) is 0 Å². The molecule has 1 amide bonds. The molecule has 1 aromatic rings. The highest BCUT2D eigenvalue weighted by Gasteiger charge is 2.30. The number of hydrogen-bond acceptors (Lipinski definition) is 5. The second kappa shape index (κ2) is 4.42. The zero-order chi connectivity index (χ0) is 10.8. The molecule has 1 aliphatic rings. The summed E-state index contributed by atoms with van der Waals surface area (Å²) in [6.07, 6.45) is 3.51. The third kappa shape index (κ3) is 2.11. The summed E-state index contributed by atoms with van der Waals surface area (Å²) in [6, 6.07) is 0. The van der Waals surface area contributed by atoms with Crippen molar-refractivity contribution in [3.05, 3.63) is 21.5 Å². The normalized spacial score (nSPS) is 19.3. The maximum atomic E-state index is 11.8. The molecule has 0 atom stereocenters. The van der Waals surface area contributed by atoms with Crippen LogP contribution in [0.1, 0.15) is 11.9 Å². The smallest absolute Gasteiger partial charge is 0.266 e. The van der Waals surface area contributed by atoms with Gasteiger partial charge in [0.05, 0.1) is 4.91 Å². The van der Waals surface area contributed by atoms with Crippen molar-refractivity contribution in [2.24, 2.45) is 0 Å². The maximum absolute atomic E-state index is 11.8. The van der Waals surface area contributed by atoms with Crippen LogP contribution in [0.4, 0.5) is 0 Å². The van der Waals surface area contributed by atoms with Gasteiger partial charge >= 0.3 is 0 Å². The molecule has 1 fully saturated rings. The lowest BCUT2D eigenvalue weighted by atomic mass is 10.4. The van der Waals surface area contributed by atoms with E-state index in [1.165, 1.54) is 23.1 Å². The molecule has 2 heterocycles. The summed E-state index contributed by atoms with van der Waals surface area (Å²) < 4.78 is 0.630. The van der Waals surface area contributed by atoms with Gasteiger partial charge in [0.15, 0.2) is 0 Å². The summed E-state index contributed by atoms with van der Waals surface area (Å²) in [5.41, 5.74) is 0. The van der Waals surface area contributed by atoms with Gasteiger partial charge < -0.3 is 0 Å². The quantitative estimate of drug-likeness (QED) is 0.601. The number of thioether (sulfide) groups is 1. The first kappa shape index (κ1) is 10.8. The molecular weight excluding hydrogens is 248 g/mol. The number of aromatic nitrogens is 1. The zero-order valence-corrected chi connectivity index (χ0v) is 10.4. The molecule has 0 spiro atoms. The lowest BCUT2D eigenvalue weighted by molar-refractivity contribution is -0.121. The fourth-order valence-corrected chi connectivity index (χ4v) is 3.19. The van der Waals surface area contributed by atoms with Crippen molar-refractivity contribution < 1.29 is 4.79 Å². The lowest BCUT2D eigenvalue weighted by Crippen LogP contribution is -2.27. The van der Waals surface area contributed by atoms with E-state index in [9.17, 15) is 4.79 Å². The third-order valence-corrected chi connectivity index (χ3v) is 4.00. The van der Waals surface area contributed by atoms with Gasteiger partial charge in [-0.05, 0) is 13.0 Å². The first-order valence-corrected chi connectivity index (χ1v) is 6.47. The monoisotopic (exact) mass is 256 g/mol. The molecular formula is C9H8N2OS3. The van der Waals surface area contributed by atoms with E-state index in [1.807, 2.05) is 12.3 Å². The van der Waals surface area contributed by atoms with E-state index in [4.69, 9.17) is 12.2 Å². The number of nitrogens with zero attached hydrogens (tertiary/aromatic N) is 2. The van der Waals surface area contributed by atoms with Gasteiger partial charge in [-0.3, -0.25) is 9.69 Å². The van der Waals surface area contributed by atoms with Crippen LogP contribution >= 0.6 is 35.3 Å². The Hall–Kier alpha value is -0.720. The summed E-state index contributed by atoms with van der Waals surface area (Å²) in [4.78, 5) is 18.2. The Labute approximate surface area is 101 Å². The predicted molar refractivity (Wildman–Crippen MR) is 67.7 cm³/mol. The van der Waals surface area contributed by atoms with Crippen LogP contribution < -0.4 is 0 Å². The lowest BCUT2D eigenvalue weighted by Gasteiger charge is -2.09. The molecule has 1 aliphatic heterocycles. The van der Waals surface area contributed by atoms with E-state index in [0.717, 1.165) is 5.01 Å². The highest BCUT2D eigenvalue weighted by atomic mass is 32.2. The van der Waals surface area contributed by atoms with Crippen molar-refractivity contribution in [3.63, 3.8) is 0 Å². The van der Waals surface area contributed by atoms with Crippen molar-refractivity contribution in [1.82, 2.24) is 9.88 Å². The first-order valence-electron chi connectivity index (χ1n) is 4.37. The third-order valence-electron chi connectivity index (χ3n) is 1.90. The number of thiazole rings is 1. The second-order valence-electron chi connectivity index (χ2n) is 2.80. The number of carbonyl (C=O) groups excluding carboxylic acids is 1. The SMILES string of the molecule is CCN1C(=O)C(=Cc2nccs2)SC1=S. The van der Waals surface area contributed by atoms with Crippen LogP contribution in [0.25, 0.3) is 6.08 Å². The van der Waals surface area contributed by atoms with Crippen LogP contribution in [0, 0.1) is 0 Å². The number of hydrogen-bond donors (Lipinski definition) is 0. The van der Waals surface area contributed by atoms with Crippen LogP contribution in [0.3, 0.4) is 0 Å². The average Bonchev–Trinajstić information content (AvgIpc) is 2.78. The van der Waals surface area contributed by atoms with Gasteiger partial charge in [0, 0.05) is 18.1 Å². The van der Waals surface area contributed by atoms with Gasteiger partial charge in [0.1, 0.15) is 9.33 Å². The highest BCUT2D eigenvalue weighted by molar-refractivity contribution is 8.26. The maximum Gasteiger partial charge on any atom is 0.266 e. The summed E-state index contributed by atoms with van der Waals surface area (Å²) >= 11 is 7.95. The standard InChI is InChI=1S/C9H8N2OS3/c1-2-11-8(12)6(15-9(11)13)5-7-10-3-4-14-7/h3-5H,2H2,1H3. The number of likely N-dealkylation sites (N-methyl/N-ethyl adjacent to an activating group) is 1. The average molecular weight is 256 g/mol. The van der Waals surface area contributed by atoms with Crippen LogP contribution in [0.5, 0.6) is 0 Å². The Bertz CT molecular complexity index is 425. The molecule has 0 saturated carbocycles. The minimum absolute atomic E-state index is 0.0114. The van der Waals surface area contributed by atoms with Gasteiger partial charge in [-0.25, -0.2) is 4.98 Å². The van der Waals surface area contributed by atoms with Gasteiger partial charge in [0.25, 0.3) is 5.91 Å². The zero-order valence-electron chi connectivity index (χ0n) is 7.97. The number of amides is 1. The number of thiocarbonyl (C=S) groups is 1. The fourth-order valence-electron chi connectivity index (χ4n) is 1.19. The molecule has 0 N–H and O–H groups in total. The summed E-state index contributed by atoms with van der Waals surface area (Å²) in [6.45, 7) is 2.54. The van der Waals surface area contributed by atoms with Crippen molar-refractivity contribution in [1.29, 1.82) is 0 Å². The molecule has 78 valence electrons. The summed E-state index contributed by atoms with van der Waals surface area (Å²) in [7, 11) is 0. The Balaban J connectivity index is 2.26. The Morgan fingerprint density at radius 3 is 3.00 bits per heavy atom. The fraction of sp³-hybridized carbons (Fsp3) is 0.222. The minimum atomic E-state index is -0.0114. The molecule has 2 rings (SSSR count). The molecule has 1 saturated heterocycles. The molecule has 0 bridgehead atoms. The van der Waals surface area contributed by atoms with Crippen molar-refractivity contribution in [2.45, 2.75) is 6.92 Å². The molecule has 0 aromatic carbocycles. The minimum Gasteiger partial charge on any atom is -0.293 e. The molecule has 6 heteroatoms. The van der Waals surface area contributed by atoms with E-state index in [0.29, 0.717) is 15.8 Å². The van der Waals surface area contributed by atoms with Crippen molar-refractivity contribution in [2.75, 3.05) is 6.54 Å². The van der Waals surface area contributed by atoms with Crippen LogP contribution in [-0.2, 0) is 4.79 Å². The van der Waals surface area contributed by atoms with Gasteiger partial charge in [-0.1, -0.05) is 24.0 Å². The van der Waals surface area contributed by atoms with E-state index in [-0.39, 0.29) is 5.91 Å². The van der Waals surface area contributed by atoms with E-state index < -0.39 is 0 Å². The predicted octanol–water partition coefficient (Wildman–Crippen LogP) is 2.36. The molecule has 1 aromatic heterocycles. The Morgan fingerprint density at radius 1 is 1.67 bits per heavy atom. The first-order chi connectivity index (χ1) is 7.22. The molecule has 0 aliphatic carbocycles. The number of rotatable bonds is 2. The van der Waals surface area contributed by atoms with E-state index in [1.54, 1.807) is 17.2 Å². The molecule has 3 nitrogen and oxygen atoms in total.